The van der Waals surface area contributed by atoms with Gasteiger partial charge in [0.15, 0.2) is 0 Å². The summed E-state index contributed by atoms with van der Waals surface area (Å²) in [7, 11) is 3.40. The minimum absolute atomic E-state index is 0.0404. The molecule has 2 aromatic rings. The van der Waals surface area contributed by atoms with Crippen LogP contribution in [0.5, 0.6) is 5.75 Å². The second kappa shape index (κ2) is 6.76. The fraction of sp³-hybridized carbons (Fsp3) is 0.188. The number of anilines is 1. The fourth-order valence-corrected chi connectivity index (χ4v) is 2.05. The maximum absolute atomic E-state index is 12.3. The van der Waals surface area contributed by atoms with Crippen molar-refractivity contribution in [3.05, 3.63) is 59.7 Å². The van der Waals surface area contributed by atoms with Gasteiger partial charge in [-0.1, -0.05) is 12.1 Å². The summed E-state index contributed by atoms with van der Waals surface area (Å²) in [4.78, 5) is 14.0. The molecule has 110 valence electrons. The van der Waals surface area contributed by atoms with E-state index in [-0.39, 0.29) is 5.91 Å². The molecule has 0 aliphatic heterocycles. The summed E-state index contributed by atoms with van der Waals surface area (Å²) >= 11 is 0. The summed E-state index contributed by atoms with van der Waals surface area (Å²) in [5.74, 6) is 6.05. The molecule has 5 nitrogen and oxygen atoms in total. The van der Waals surface area contributed by atoms with E-state index in [4.69, 9.17) is 10.6 Å². The van der Waals surface area contributed by atoms with E-state index in [1.54, 1.807) is 43.3 Å². The molecule has 0 unspecified atom stereocenters. The van der Waals surface area contributed by atoms with Crippen LogP contribution in [0, 0.1) is 0 Å². The van der Waals surface area contributed by atoms with Crippen LogP contribution in [0.1, 0.15) is 15.9 Å². The van der Waals surface area contributed by atoms with Gasteiger partial charge in [-0.05, 0) is 42.0 Å². The van der Waals surface area contributed by atoms with Crippen LogP contribution in [0.15, 0.2) is 48.5 Å². The zero-order valence-electron chi connectivity index (χ0n) is 12.2. The number of nitrogens with two attached hydrogens (primary N) is 1. The van der Waals surface area contributed by atoms with E-state index < -0.39 is 0 Å². The average molecular weight is 285 g/mol. The molecule has 0 saturated heterocycles. The lowest BCUT2D eigenvalue weighted by Crippen LogP contribution is -2.26. The van der Waals surface area contributed by atoms with Gasteiger partial charge in [0.1, 0.15) is 5.75 Å². The Balaban J connectivity index is 2.07. The van der Waals surface area contributed by atoms with Crippen molar-refractivity contribution in [1.82, 2.24) is 4.90 Å². The second-order valence-electron chi connectivity index (χ2n) is 4.73. The Hall–Kier alpha value is -2.53. The first kappa shape index (κ1) is 14.9. The van der Waals surface area contributed by atoms with Crippen molar-refractivity contribution in [3.8, 4) is 5.75 Å². The number of nitrogens with zero attached hydrogens (tertiary/aromatic N) is 1. The zero-order valence-corrected chi connectivity index (χ0v) is 12.2. The van der Waals surface area contributed by atoms with Crippen molar-refractivity contribution in [3.63, 3.8) is 0 Å². The number of hydrazine groups is 1. The molecule has 0 bridgehead atoms. The number of ether oxygens (including phenoxy) is 1. The Morgan fingerprint density at radius 2 is 1.95 bits per heavy atom. The van der Waals surface area contributed by atoms with Gasteiger partial charge in [0.2, 0.25) is 0 Å². The minimum atomic E-state index is -0.0404. The number of carbonyl (C=O) groups excluding carboxylic acids is 1. The SMILES string of the molecule is COc1cccc(CN(C)C(=O)c2ccc(NN)cc2)c1. The van der Waals surface area contributed by atoms with E-state index in [1.807, 2.05) is 24.3 Å². The van der Waals surface area contributed by atoms with Crippen LogP contribution >= 0.6 is 0 Å². The summed E-state index contributed by atoms with van der Waals surface area (Å²) in [5, 5.41) is 0. The van der Waals surface area contributed by atoms with Gasteiger partial charge >= 0.3 is 0 Å². The molecule has 0 radical (unpaired) electrons. The van der Waals surface area contributed by atoms with Crippen molar-refractivity contribution < 1.29 is 9.53 Å². The number of nitrogens with one attached hydrogen (secondary N) is 1. The lowest BCUT2D eigenvalue weighted by molar-refractivity contribution is 0.0785. The summed E-state index contributed by atoms with van der Waals surface area (Å²) in [6.07, 6.45) is 0. The number of nitrogen functional groups attached to an aromatic ring is 1. The van der Waals surface area contributed by atoms with E-state index in [1.165, 1.54) is 0 Å². The molecule has 0 aliphatic carbocycles. The molecule has 0 aromatic heterocycles. The largest absolute Gasteiger partial charge is 0.497 e. The highest BCUT2D eigenvalue weighted by molar-refractivity contribution is 5.94. The van der Waals surface area contributed by atoms with Gasteiger partial charge in [-0.2, -0.15) is 0 Å². The quantitative estimate of drug-likeness (QED) is 0.653. The van der Waals surface area contributed by atoms with Crippen molar-refractivity contribution in [2.24, 2.45) is 5.84 Å². The third-order valence-electron chi connectivity index (χ3n) is 3.20. The molecule has 0 atom stereocenters. The molecule has 3 N–H and O–H groups in total. The minimum Gasteiger partial charge on any atom is -0.497 e. The lowest BCUT2D eigenvalue weighted by Gasteiger charge is -2.18. The standard InChI is InChI=1S/C16H19N3O2/c1-19(11-12-4-3-5-15(10-12)21-2)16(20)13-6-8-14(18-17)9-7-13/h3-10,18H,11,17H2,1-2H3. The van der Waals surface area contributed by atoms with Crippen molar-refractivity contribution in [2.45, 2.75) is 6.54 Å². The zero-order chi connectivity index (χ0) is 15.2. The second-order valence-corrected chi connectivity index (χ2v) is 4.73. The Morgan fingerprint density at radius 3 is 2.57 bits per heavy atom. The smallest absolute Gasteiger partial charge is 0.253 e. The van der Waals surface area contributed by atoms with Crippen molar-refractivity contribution in [1.29, 1.82) is 0 Å². The van der Waals surface area contributed by atoms with Crippen molar-refractivity contribution >= 4 is 11.6 Å². The van der Waals surface area contributed by atoms with Crippen LogP contribution < -0.4 is 16.0 Å². The highest BCUT2D eigenvalue weighted by atomic mass is 16.5. The first-order valence-corrected chi connectivity index (χ1v) is 6.59. The molecule has 5 heteroatoms. The van der Waals surface area contributed by atoms with Crippen LogP contribution in [0.4, 0.5) is 5.69 Å². The molecule has 2 rings (SSSR count). The van der Waals surface area contributed by atoms with Gasteiger partial charge in [-0.25, -0.2) is 0 Å². The third-order valence-corrected chi connectivity index (χ3v) is 3.20. The molecule has 1 amide bonds. The van der Waals surface area contributed by atoms with Crippen LogP contribution in [-0.2, 0) is 6.54 Å². The molecule has 0 aliphatic rings. The molecular weight excluding hydrogens is 266 g/mol. The van der Waals surface area contributed by atoms with E-state index in [0.717, 1.165) is 17.0 Å². The Labute approximate surface area is 124 Å². The highest BCUT2D eigenvalue weighted by Gasteiger charge is 2.12. The number of rotatable bonds is 5. The number of benzene rings is 2. The topological polar surface area (TPSA) is 67.6 Å². The number of hydrogen-bond donors (Lipinski definition) is 2. The molecule has 21 heavy (non-hydrogen) atoms. The first-order valence-electron chi connectivity index (χ1n) is 6.59. The molecule has 0 spiro atoms. The third kappa shape index (κ3) is 3.73. The lowest BCUT2D eigenvalue weighted by atomic mass is 10.1. The Kier molecular flexibility index (Phi) is 4.79. The fourth-order valence-electron chi connectivity index (χ4n) is 2.05. The van der Waals surface area contributed by atoms with Gasteiger partial charge in [-0.15, -0.1) is 0 Å². The van der Waals surface area contributed by atoms with Crippen LogP contribution in [0.25, 0.3) is 0 Å². The van der Waals surface area contributed by atoms with Crippen LogP contribution in [0.2, 0.25) is 0 Å². The molecule has 0 saturated carbocycles. The van der Waals surface area contributed by atoms with Gasteiger partial charge in [0, 0.05) is 24.8 Å². The molecule has 0 fully saturated rings. The predicted molar refractivity (Wildman–Crippen MR) is 83.0 cm³/mol. The van der Waals surface area contributed by atoms with Crippen LogP contribution in [0.3, 0.4) is 0 Å². The summed E-state index contributed by atoms with van der Waals surface area (Å²) < 4.78 is 5.18. The maximum Gasteiger partial charge on any atom is 0.253 e. The van der Waals surface area contributed by atoms with Gasteiger partial charge in [-0.3, -0.25) is 10.6 Å². The number of amides is 1. The van der Waals surface area contributed by atoms with Gasteiger partial charge < -0.3 is 15.1 Å². The van der Waals surface area contributed by atoms with E-state index >= 15 is 0 Å². The molecule has 0 heterocycles. The summed E-state index contributed by atoms with van der Waals surface area (Å²) in [6.45, 7) is 0.521. The normalized spacial score (nSPS) is 10.0. The first-order chi connectivity index (χ1) is 10.1. The monoisotopic (exact) mass is 285 g/mol. The average Bonchev–Trinajstić information content (AvgIpc) is 2.54. The maximum atomic E-state index is 12.3. The van der Waals surface area contributed by atoms with Crippen LogP contribution in [-0.4, -0.2) is 25.0 Å². The van der Waals surface area contributed by atoms with Crippen molar-refractivity contribution in [2.75, 3.05) is 19.6 Å². The van der Waals surface area contributed by atoms with E-state index in [9.17, 15) is 4.79 Å². The highest BCUT2D eigenvalue weighted by Crippen LogP contribution is 2.15. The van der Waals surface area contributed by atoms with E-state index in [2.05, 4.69) is 5.43 Å². The van der Waals surface area contributed by atoms with Gasteiger partial charge in [0.25, 0.3) is 5.91 Å². The summed E-state index contributed by atoms with van der Waals surface area (Å²) in [5.41, 5.74) is 4.95. The Bertz CT molecular complexity index is 611. The Morgan fingerprint density at radius 1 is 1.24 bits per heavy atom. The summed E-state index contributed by atoms with van der Waals surface area (Å²) in [6, 6.07) is 14.7. The predicted octanol–water partition coefficient (Wildman–Crippen LogP) is 2.25. The van der Waals surface area contributed by atoms with Gasteiger partial charge in [0.05, 0.1) is 7.11 Å². The number of carbonyl (C=O) groups is 1. The molecular formula is C16H19N3O2. The number of methoxy groups -OCH3 is 1. The molecule has 2 aromatic carbocycles. The van der Waals surface area contributed by atoms with E-state index in [0.29, 0.717) is 12.1 Å². The number of hydrogen-bond acceptors (Lipinski definition) is 4.